The number of hydrogen-bond acceptors (Lipinski definition) is 1. The highest BCUT2D eigenvalue weighted by molar-refractivity contribution is 5.10. The van der Waals surface area contributed by atoms with Crippen molar-refractivity contribution in [1.29, 1.82) is 0 Å². The van der Waals surface area contributed by atoms with E-state index < -0.39 is 0 Å². The quantitative estimate of drug-likeness (QED) is 0.754. The Hall–Kier alpha value is -0.0400. The Labute approximate surface area is 94.3 Å². The van der Waals surface area contributed by atoms with Gasteiger partial charge >= 0.3 is 0 Å². The minimum atomic E-state index is -0.310. The van der Waals surface area contributed by atoms with E-state index in [1.54, 1.807) is 0 Å². The predicted octanol–water partition coefficient (Wildman–Crippen LogP) is 3.61. The van der Waals surface area contributed by atoms with Crippen LogP contribution in [0.15, 0.2) is 0 Å². The zero-order valence-electron chi connectivity index (χ0n) is 10.7. The highest BCUT2D eigenvalue weighted by atomic mass is 16.3. The van der Waals surface area contributed by atoms with Crippen molar-refractivity contribution in [3.8, 4) is 0 Å². The molecule has 0 radical (unpaired) electrons. The van der Waals surface area contributed by atoms with Gasteiger partial charge in [-0.15, -0.1) is 0 Å². The smallest absolute Gasteiger partial charge is 0.0681 e. The van der Waals surface area contributed by atoms with Gasteiger partial charge in [0.25, 0.3) is 0 Å². The topological polar surface area (TPSA) is 20.2 Å². The third-order valence-electron chi connectivity index (χ3n) is 5.62. The lowest BCUT2D eigenvalue weighted by molar-refractivity contribution is -0.0740. The van der Waals surface area contributed by atoms with E-state index in [0.29, 0.717) is 17.3 Å². The third kappa shape index (κ3) is 1.54. The van der Waals surface area contributed by atoms with Crippen molar-refractivity contribution in [2.24, 2.45) is 23.2 Å². The van der Waals surface area contributed by atoms with E-state index in [1.165, 1.54) is 19.3 Å². The van der Waals surface area contributed by atoms with E-state index in [4.69, 9.17) is 0 Å². The molecule has 0 spiro atoms. The molecular formula is C14H26O. The summed E-state index contributed by atoms with van der Waals surface area (Å²) < 4.78 is 0. The average molecular weight is 210 g/mol. The molecule has 2 saturated carbocycles. The van der Waals surface area contributed by atoms with Gasteiger partial charge in [-0.2, -0.15) is 0 Å². The third-order valence-corrected chi connectivity index (χ3v) is 5.62. The van der Waals surface area contributed by atoms with Crippen LogP contribution >= 0.6 is 0 Å². The molecule has 0 heterocycles. The molecular weight excluding hydrogens is 184 g/mol. The SMILES string of the molecule is CCCC[C@@]1(O)C[C@@H]2C[C@@H]1[C@H](C)C2(C)C. The predicted molar refractivity (Wildman–Crippen MR) is 63.6 cm³/mol. The van der Waals surface area contributed by atoms with Crippen LogP contribution in [0, 0.1) is 23.2 Å². The normalized spacial score (nSPS) is 47.4. The Balaban J connectivity index is 2.10. The Bertz CT molecular complexity index is 242. The molecule has 15 heavy (non-hydrogen) atoms. The van der Waals surface area contributed by atoms with E-state index in [1.807, 2.05) is 0 Å². The summed E-state index contributed by atoms with van der Waals surface area (Å²) in [7, 11) is 0. The van der Waals surface area contributed by atoms with Gasteiger partial charge in [0.2, 0.25) is 0 Å². The van der Waals surface area contributed by atoms with Crippen molar-refractivity contribution >= 4 is 0 Å². The summed E-state index contributed by atoms with van der Waals surface area (Å²) in [6.45, 7) is 9.34. The van der Waals surface area contributed by atoms with Crippen molar-refractivity contribution in [2.75, 3.05) is 0 Å². The zero-order valence-corrected chi connectivity index (χ0v) is 10.7. The lowest BCUT2D eigenvalue weighted by Gasteiger charge is -2.44. The lowest BCUT2D eigenvalue weighted by atomic mass is 9.63. The molecule has 0 unspecified atom stereocenters. The molecule has 1 heteroatoms. The Morgan fingerprint density at radius 2 is 2.00 bits per heavy atom. The summed E-state index contributed by atoms with van der Waals surface area (Å²) in [5.74, 6) is 2.03. The molecule has 0 aromatic heterocycles. The monoisotopic (exact) mass is 210 g/mol. The number of hydrogen-bond donors (Lipinski definition) is 1. The molecule has 4 atom stereocenters. The summed E-state index contributed by atoms with van der Waals surface area (Å²) >= 11 is 0. The molecule has 2 bridgehead atoms. The van der Waals surface area contributed by atoms with Crippen LogP contribution in [0.25, 0.3) is 0 Å². The fraction of sp³-hybridized carbons (Fsp3) is 1.00. The van der Waals surface area contributed by atoms with Crippen molar-refractivity contribution in [3.63, 3.8) is 0 Å². The molecule has 2 aliphatic carbocycles. The fourth-order valence-electron chi connectivity index (χ4n) is 4.08. The molecule has 1 N–H and O–H groups in total. The van der Waals surface area contributed by atoms with Gasteiger partial charge in [0.15, 0.2) is 0 Å². The average Bonchev–Trinajstić information content (AvgIpc) is 2.61. The van der Waals surface area contributed by atoms with Crippen LogP contribution < -0.4 is 0 Å². The standard InChI is InChI=1S/C14H26O/c1-5-6-7-14(15)9-11-8-12(14)10(2)13(11,3)4/h10-12,15H,5-9H2,1-4H3/t10-,11-,12+,14+/m0/s1. The first kappa shape index (κ1) is 11.4. The minimum Gasteiger partial charge on any atom is -0.390 e. The number of rotatable bonds is 3. The highest BCUT2D eigenvalue weighted by Gasteiger charge is 2.60. The Morgan fingerprint density at radius 3 is 2.47 bits per heavy atom. The highest BCUT2D eigenvalue weighted by Crippen LogP contribution is 2.63. The van der Waals surface area contributed by atoms with Crippen LogP contribution in [0.5, 0.6) is 0 Å². The van der Waals surface area contributed by atoms with E-state index in [0.717, 1.165) is 18.8 Å². The molecule has 2 fully saturated rings. The summed E-state index contributed by atoms with van der Waals surface area (Å²) in [6, 6.07) is 0. The molecule has 1 nitrogen and oxygen atoms in total. The maximum atomic E-state index is 10.7. The van der Waals surface area contributed by atoms with E-state index >= 15 is 0 Å². The first-order valence-electron chi connectivity index (χ1n) is 6.64. The molecule has 0 aliphatic heterocycles. The van der Waals surface area contributed by atoms with Gasteiger partial charge in [0.1, 0.15) is 0 Å². The summed E-state index contributed by atoms with van der Waals surface area (Å²) in [4.78, 5) is 0. The van der Waals surface area contributed by atoms with Crippen molar-refractivity contribution in [3.05, 3.63) is 0 Å². The van der Waals surface area contributed by atoms with Gasteiger partial charge in [-0.05, 0) is 42.4 Å². The fourth-order valence-corrected chi connectivity index (χ4v) is 4.08. The second-order valence-corrected chi connectivity index (χ2v) is 6.56. The maximum absolute atomic E-state index is 10.7. The molecule has 0 saturated heterocycles. The van der Waals surface area contributed by atoms with Crippen LogP contribution in [0.3, 0.4) is 0 Å². The Kier molecular flexibility index (Phi) is 2.65. The van der Waals surface area contributed by atoms with Gasteiger partial charge < -0.3 is 5.11 Å². The summed E-state index contributed by atoms with van der Waals surface area (Å²) in [5, 5.41) is 10.7. The molecule has 0 aromatic rings. The van der Waals surface area contributed by atoms with Gasteiger partial charge in [-0.1, -0.05) is 40.5 Å². The maximum Gasteiger partial charge on any atom is 0.0681 e. The van der Waals surface area contributed by atoms with Crippen molar-refractivity contribution < 1.29 is 5.11 Å². The van der Waals surface area contributed by atoms with Crippen molar-refractivity contribution in [1.82, 2.24) is 0 Å². The van der Waals surface area contributed by atoms with Crippen LogP contribution in [-0.4, -0.2) is 10.7 Å². The molecule has 2 rings (SSSR count). The molecule has 88 valence electrons. The summed E-state index contributed by atoms with van der Waals surface area (Å²) in [5.41, 5.74) is 0.152. The number of fused-ring (bicyclic) bond motifs is 2. The van der Waals surface area contributed by atoms with Gasteiger partial charge in [0.05, 0.1) is 5.60 Å². The minimum absolute atomic E-state index is 0.310. The first-order chi connectivity index (χ1) is 6.92. The van der Waals surface area contributed by atoms with Gasteiger partial charge in [-0.25, -0.2) is 0 Å². The van der Waals surface area contributed by atoms with Gasteiger partial charge in [0, 0.05) is 0 Å². The van der Waals surface area contributed by atoms with Crippen LogP contribution in [0.2, 0.25) is 0 Å². The van der Waals surface area contributed by atoms with E-state index in [-0.39, 0.29) is 5.60 Å². The second-order valence-electron chi connectivity index (χ2n) is 6.56. The Morgan fingerprint density at radius 1 is 1.33 bits per heavy atom. The molecule has 2 aliphatic rings. The van der Waals surface area contributed by atoms with E-state index in [9.17, 15) is 5.11 Å². The zero-order chi connectivity index (χ0) is 11.3. The van der Waals surface area contributed by atoms with Gasteiger partial charge in [-0.3, -0.25) is 0 Å². The first-order valence-corrected chi connectivity index (χ1v) is 6.64. The second kappa shape index (κ2) is 3.48. The molecule has 0 amide bonds. The van der Waals surface area contributed by atoms with E-state index in [2.05, 4.69) is 27.7 Å². The number of unbranched alkanes of at least 4 members (excludes halogenated alkanes) is 1. The lowest BCUT2D eigenvalue weighted by Crippen LogP contribution is -2.44. The van der Waals surface area contributed by atoms with Crippen LogP contribution in [0.4, 0.5) is 0 Å². The number of aliphatic hydroxyl groups is 1. The molecule has 0 aromatic carbocycles. The van der Waals surface area contributed by atoms with Crippen LogP contribution in [0.1, 0.15) is 59.8 Å². The van der Waals surface area contributed by atoms with Crippen molar-refractivity contribution in [2.45, 2.75) is 65.4 Å². The summed E-state index contributed by atoms with van der Waals surface area (Å²) in [6.07, 6.45) is 5.76. The largest absolute Gasteiger partial charge is 0.390 e. The van der Waals surface area contributed by atoms with Crippen LogP contribution in [-0.2, 0) is 0 Å².